The quantitative estimate of drug-likeness (QED) is 0.629. The average molecular weight is 437 g/mol. The largest absolute Gasteiger partial charge is 0.497 e. The maximum Gasteiger partial charge on any atom is 0.410 e. The predicted octanol–water partition coefficient (Wildman–Crippen LogP) is 5.38. The van der Waals surface area contributed by atoms with E-state index in [-0.39, 0.29) is 17.4 Å². The van der Waals surface area contributed by atoms with Gasteiger partial charge in [-0.25, -0.2) is 4.79 Å². The first kappa shape index (κ1) is 23.5. The lowest BCUT2D eigenvalue weighted by Gasteiger charge is -2.46. The number of carbonyl (C=O) groups is 1. The summed E-state index contributed by atoms with van der Waals surface area (Å²) in [4.78, 5) is 14.6. The minimum Gasteiger partial charge on any atom is -0.497 e. The monoisotopic (exact) mass is 436 g/mol. The van der Waals surface area contributed by atoms with E-state index in [9.17, 15) is 10.1 Å². The molecule has 1 amide bonds. The molecule has 0 spiro atoms. The maximum atomic E-state index is 12.8. The van der Waals surface area contributed by atoms with Crippen LogP contribution in [0.3, 0.4) is 0 Å². The third-order valence-corrected chi connectivity index (χ3v) is 5.78. The fourth-order valence-electron chi connectivity index (χ4n) is 4.20. The van der Waals surface area contributed by atoms with Gasteiger partial charge in [0.15, 0.2) is 0 Å². The topological polar surface area (TPSA) is 71.8 Å². The summed E-state index contributed by atoms with van der Waals surface area (Å²) in [6.07, 6.45) is 0.493. The fourth-order valence-corrected chi connectivity index (χ4v) is 4.20. The average Bonchev–Trinajstić information content (AvgIpc) is 2.77. The van der Waals surface area contributed by atoms with Crippen LogP contribution in [0.2, 0.25) is 0 Å². The number of amides is 1. The fraction of sp³-hybridized carbons (Fsp3) is 0.462. The van der Waals surface area contributed by atoms with Crippen LogP contribution in [0, 0.1) is 16.7 Å². The highest BCUT2D eigenvalue weighted by atomic mass is 16.6. The smallest absolute Gasteiger partial charge is 0.410 e. The maximum absolute atomic E-state index is 12.8. The molecule has 1 fully saturated rings. The Morgan fingerprint density at radius 1 is 1.19 bits per heavy atom. The minimum absolute atomic E-state index is 0.186. The van der Waals surface area contributed by atoms with Crippen LogP contribution in [0.4, 0.5) is 4.79 Å². The molecule has 0 aliphatic carbocycles. The second-order valence-electron chi connectivity index (χ2n) is 9.60. The van der Waals surface area contributed by atoms with Crippen molar-refractivity contribution in [2.45, 2.75) is 45.6 Å². The molecule has 1 saturated heterocycles. The van der Waals surface area contributed by atoms with Crippen LogP contribution >= 0.6 is 0 Å². The van der Waals surface area contributed by atoms with Crippen LogP contribution < -0.4 is 9.47 Å². The Hall–Kier alpha value is -3.20. The van der Waals surface area contributed by atoms with Gasteiger partial charge in [0, 0.05) is 18.5 Å². The lowest BCUT2D eigenvalue weighted by atomic mass is 9.69. The van der Waals surface area contributed by atoms with Crippen molar-refractivity contribution in [3.63, 3.8) is 0 Å². The highest BCUT2D eigenvalue weighted by Gasteiger charge is 2.43. The molecule has 0 N–H and O–H groups in total. The summed E-state index contributed by atoms with van der Waals surface area (Å²) < 4.78 is 17.1. The first-order valence-electron chi connectivity index (χ1n) is 10.9. The second-order valence-corrected chi connectivity index (χ2v) is 9.60. The van der Waals surface area contributed by atoms with Crippen molar-refractivity contribution in [3.8, 4) is 17.6 Å². The van der Waals surface area contributed by atoms with E-state index in [1.165, 1.54) is 5.56 Å². The predicted molar refractivity (Wildman–Crippen MR) is 123 cm³/mol. The SMILES string of the molecule is COc1ccc(C2CCN(C(=O)OC(C)(C)C)CC2(C)COc2cccc(C#N)c2)cc1. The number of nitriles is 1. The van der Waals surface area contributed by atoms with Gasteiger partial charge in [0.1, 0.15) is 17.1 Å². The zero-order valence-electron chi connectivity index (χ0n) is 19.6. The molecule has 170 valence electrons. The Balaban J connectivity index is 1.85. The Kier molecular flexibility index (Phi) is 6.98. The van der Waals surface area contributed by atoms with Gasteiger partial charge in [0.2, 0.25) is 0 Å². The standard InChI is InChI=1S/C26H32N2O4/c1-25(2,3)32-24(29)28-14-13-23(20-9-11-21(30-5)12-10-20)26(4,17-28)18-31-22-8-6-7-19(15-22)16-27/h6-12,15,23H,13-14,17-18H2,1-5H3. The van der Waals surface area contributed by atoms with Crippen LogP contribution in [0.25, 0.3) is 0 Å². The molecule has 6 nitrogen and oxygen atoms in total. The van der Waals surface area contributed by atoms with E-state index >= 15 is 0 Å². The van der Waals surface area contributed by atoms with E-state index in [0.717, 1.165) is 12.2 Å². The Bertz CT molecular complexity index is 975. The third kappa shape index (κ3) is 5.73. The minimum atomic E-state index is -0.547. The molecule has 6 heteroatoms. The van der Waals surface area contributed by atoms with Gasteiger partial charge >= 0.3 is 6.09 Å². The molecule has 1 aliphatic heterocycles. The summed E-state index contributed by atoms with van der Waals surface area (Å²) >= 11 is 0. The molecule has 2 unspecified atom stereocenters. The number of rotatable bonds is 5. The molecular formula is C26H32N2O4. The molecular weight excluding hydrogens is 404 g/mol. The zero-order chi connectivity index (χ0) is 23.4. The second kappa shape index (κ2) is 9.52. The van der Waals surface area contributed by atoms with Crippen molar-refractivity contribution >= 4 is 6.09 Å². The van der Waals surface area contributed by atoms with E-state index in [1.807, 2.05) is 45.0 Å². The molecule has 1 heterocycles. The number of hydrogen-bond donors (Lipinski definition) is 0. The lowest BCUT2D eigenvalue weighted by molar-refractivity contribution is -0.00822. The van der Waals surface area contributed by atoms with Crippen LogP contribution in [0.5, 0.6) is 11.5 Å². The summed E-state index contributed by atoms with van der Waals surface area (Å²) in [6.45, 7) is 9.30. The number of benzene rings is 2. The van der Waals surface area contributed by atoms with Gasteiger partial charge in [-0.1, -0.05) is 25.1 Å². The summed E-state index contributed by atoms with van der Waals surface area (Å²) in [5.41, 5.74) is 0.839. The van der Waals surface area contributed by atoms with Gasteiger partial charge in [-0.2, -0.15) is 5.26 Å². The van der Waals surface area contributed by atoms with Gasteiger partial charge in [0.05, 0.1) is 25.3 Å². The van der Waals surface area contributed by atoms with Crippen molar-refractivity contribution in [3.05, 3.63) is 59.7 Å². The summed E-state index contributed by atoms with van der Waals surface area (Å²) in [5, 5.41) is 9.18. The Labute approximate surface area is 190 Å². The Morgan fingerprint density at radius 3 is 2.53 bits per heavy atom. The van der Waals surface area contributed by atoms with Crippen molar-refractivity contribution in [2.75, 3.05) is 26.8 Å². The van der Waals surface area contributed by atoms with E-state index in [0.29, 0.717) is 31.0 Å². The molecule has 0 saturated carbocycles. The molecule has 0 aromatic heterocycles. The molecule has 1 aliphatic rings. The van der Waals surface area contributed by atoms with Crippen molar-refractivity contribution < 1.29 is 19.0 Å². The summed E-state index contributed by atoms with van der Waals surface area (Å²) in [5.74, 6) is 1.64. The van der Waals surface area contributed by atoms with E-state index in [1.54, 1.807) is 24.1 Å². The van der Waals surface area contributed by atoms with Gasteiger partial charge in [-0.05, 0) is 69.0 Å². The van der Waals surface area contributed by atoms with Crippen LogP contribution in [-0.4, -0.2) is 43.4 Å². The Morgan fingerprint density at radius 2 is 1.91 bits per heavy atom. The number of nitrogens with zero attached hydrogens (tertiary/aromatic N) is 2. The molecule has 2 aromatic rings. The highest BCUT2D eigenvalue weighted by Crippen LogP contribution is 2.43. The normalized spacial score (nSPS) is 20.9. The number of carbonyl (C=O) groups excluding carboxylic acids is 1. The van der Waals surface area contributed by atoms with Gasteiger partial charge in [0.25, 0.3) is 0 Å². The lowest BCUT2D eigenvalue weighted by Crippen LogP contribution is -2.52. The van der Waals surface area contributed by atoms with Crippen LogP contribution in [0.1, 0.15) is 51.2 Å². The zero-order valence-corrected chi connectivity index (χ0v) is 19.6. The summed E-state index contributed by atoms with van der Waals surface area (Å²) in [6, 6.07) is 17.4. The molecule has 32 heavy (non-hydrogen) atoms. The molecule has 0 radical (unpaired) electrons. The number of ether oxygens (including phenoxy) is 3. The van der Waals surface area contributed by atoms with Gasteiger partial charge in [-0.3, -0.25) is 0 Å². The van der Waals surface area contributed by atoms with Gasteiger partial charge in [-0.15, -0.1) is 0 Å². The van der Waals surface area contributed by atoms with E-state index in [2.05, 4.69) is 25.1 Å². The van der Waals surface area contributed by atoms with Crippen LogP contribution in [0.15, 0.2) is 48.5 Å². The van der Waals surface area contributed by atoms with Crippen molar-refractivity contribution in [1.82, 2.24) is 4.90 Å². The van der Waals surface area contributed by atoms with Crippen molar-refractivity contribution in [2.24, 2.45) is 5.41 Å². The number of likely N-dealkylation sites (tertiary alicyclic amines) is 1. The highest BCUT2D eigenvalue weighted by molar-refractivity contribution is 5.68. The van der Waals surface area contributed by atoms with E-state index < -0.39 is 5.60 Å². The summed E-state index contributed by atoms with van der Waals surface area (Å²) in [7, 11) is 1.65. The number of piperidine rings is 1. The number of methoxy groups -OCH3 is 1. The van der Waals surface area contributed by atoms with E-state index in [4.69, 9.17) is 14.2 Å². The molecule has 3 rings (SSSR count). The first-order chi connectivity index (χ1) is 15.1. The molecule has 2 aromatic carbocycles. The molecule has 2 atom stereocenters. The van der Waals surface area contributed by atoms with Gasteiger partial charge < -0.3 is 19.1 Å². The molecule has 0 bridgehead atoms. The van der Waals surface area contributed by atoms with Crippen LogP contribution in [-0.2, 0) is 4.74 Å². The number of hydrogen-bond acceptors (Lipinski definition) is 5. The third-order valence-electron chi connectivity index (χ3n) is 5.78. The first-order valence-corrected chi connectivity index (χ1v) is 10.9. The van der Waals surface area contributed by atoms with Crippen molar-refractivity contribution in [1.29, 1.82) is 5.26 Å².